The summed E-state index contributed by atoms with van der Waals surface area (Å²) in [6.45, 7) is 2.00. The maximum absolute atomic E-state index is 10.6. The van der Waals surface area contributed by atoms with Crippen LogP contribution in [0.5, 0.6) is 5.88 Å². The first-order valence-corrected chi connectivity index (χ1v) is 8.89. The van der Waals surface area contributed by atoms with Crippen LogP contribution in [0.2, 0.25) is 0 Å². The third kappa shape index (κ3) is 3.27. The molecule has 0 fully saturated rings. The molecule has 2 aromatic heterocycles. The van der Waals surface area contributed by atoms with Crippen molar-refractivity contribution in [2.24, 2.45) is 22.3 Å². The number of pyridine rings is 1. The number of amidine groups is 1. The fourth-order valence-electron chi connectivity index (χ4n) is 3.13. The van der Waals surface area contributed by atoms with Gasteiger partial charge in [-0.1, -0.05) is 42.5 Å². The number of para-hydroxylation sites is 2. The zero-order valence-corrected chi connectivity index (χ0v) is 15.6. The monoisotopic (exact) mass is 369 g/mol. The van der Waals surface area contributed by atoms with Gasteiger partial charge < -0.3 is 9.67 Å². The molecule has 4 aromatic rings. The molecule has 0 unspecified atom stereocenters. The second-order valence-electron chi connectivity index (χ2n) is 6.39. The Balaban J connectivity index is 1.83. The minimum atomic E-state index is 0.0631. The lowest BCUT2D eigenvalue weighted by atomic mass is 10.1. The van der Waals surface area contributed by atoms with E-state index in [0.717, 1.165) is 22.2 Å². The van der Waals surface area contributed by atoms with E-state index in [-0.39, 0.29) is 5.88 Å². The molecule has 2 heterocycles. The number of rotatable bonds is 3. The summed E-state index contributed by atoms with van der Waals surface area (Å²) in [5, 5.41) is 20.1. The lowest BCUT2D eigenvalue weighted by Crippen LogP contribution is -1.98. The smallest absolute Gasteiger partial charge is 0.220 e. The molecule has 0 amide bonds. The van der Waals surface area contributed by atoms with Crippen LogP contribution in [0, 0.1) is 6.92 Å². The number of nitrogens with zero attached hydrogens (tertiary/aromatic N) is 5. The fourth-order valence-corrected chi connectivity index (χ4v) is 3.13. The highest BCUT2D eigenvalue weighted by Crippen LogP contribution is 2.39. The van der Waals surface area contributed by atoms with Crippen molar-refractivity contribution in [3.05, 3.63) is 84.2 Å². The average Bonchev–Trinajstić information content (AvgIpc) is 2.98. The molecular weight excluding hydrogens is 350 g/mol. The Morgan fingerprint density at radius 1 is 0.964 bits per heavy atom. The van der Waals surface area contributed by atoms with E-state index in [0.29, 0.717) is 17.2 Å². The van der Waals surface area contributed by atoms with Gasteiger partial charge in [0.2, 0.25) is 11.7 Å². The molecule has 0 atom stereocenters. The van der Waals surface area contributed by atoms with E-state index < -0.39 is 0 Å². The first-order chi connectivity index (χ1) is 13.6. The van der Waals surface area contributed by atoms with Crippen LogP contribution in [0.15, 0.2) is 88.1 Å². The molecule has 0 aliphatic heterocycles. The van der Waals surface area contributed by atoms with Crippen LogP contribution in [0.3, 0.4) is 0 Å². The van der Waals surface area contributed by atoms with Gasteiger partial charge >= 0.3 is 0 Å². The summed E-state index contributed by atoms with van der Waals surface area (Å²) in [4.78, 5) is 8.92. The topological polar surface area (TPSA) is 75.1 Å². The van der Waals surface area contributed by atoms with Crippen LogP contribution in [0.1, 0.15) is 11.3 Å². The van der Waals surface area contributed by atoms with E-state index in [1.165, 1.54) is 0 Å². The second-order valence-corrected chi connectivity index (χ2v) is 6.39. The molecule has 2 aromatic carbocycles. The van der Waals surface area contributed by atoms with Crippen LogP contribution in [0.25, 0.3) is 10.9 Å². The van der Waals surface area contributed by atoms with Crippen molar-refractivity contribution < 1.29 is 5.11 Å². The highest BCUT2D eigenvalue weighted by Gasteiger charge is 2.16. The molecule has 6 nitrogen and oxygen atoms in total. The number of aliphatic imine (C=N–C) groups is 1. The zero-order valence-electron chi connectivity index (χ0n) is 15.6. The lowest BCUT2D eigenvalue weighted by Gasteiger charge is -2.00. The van der Waals surface area contributed by atoms with Crippen LogP contribution in [-0.4, -0.2) is 20.5 Å². The molecule has 28 heavy (non-hydrogen) atoms. The number of benzene rings is 2. The number of aromatic nitrogens is 2. The van der Waals surface area contributed by atoms with Crippen LogP contribution in [-0.2, 0) is 7.05 Å². The third-order valence-electron chi connectivity index (χ3n) is 4.49. The van der Waals surface area contributed by atoms with E-state index in [9.17, 15) is 5.11 Å². The average molecular weight is 369 g/mol. The summed E-state index contributed by atoms with van der Waals surface area (Å²) >= 11 is 0. The summed E-state index contributed by atoms with van der Waals surface area (Å²) in [7, 11) is 1.81. The largest absolute Gasteiger partial charge is 0.493 e. The van der Waals surface area contributed by atoms with E-state index in [1.807, 2.05) is 73.7 Å². The molecule has 0 radical (unpaired) electrons. The van der Waals surface area contributed by atoms with Crippen molar-refractivity contribution in [2.75, 3.05) is 0 Å². The Hall–Kier alpha value is -3.80. The molecule has 0 bridgehead atoms. The Labute approximate surface area is 162 Å². The van der Waals surface area contributed by atoms with Gasteiger partial charge in [-0.2, -0.15) is 0 Å². The SMILES string of the molecule is Cc1cccc2c(N=NC(=Nc3ccccc3)c3ccccn3)c(O)n(C)c12. The summed E-state index contributed by atoms with van der Waals surface area (Å²) in [6, 6.07) is 20.9. The van der Waals surface area contributed by atoms with E-state index >= 15 is 0 Å². The highest BCUT2D eigenvalue weighted by molar-refractivity contribution is 6.00. The first kappa shape index (κ1) is 17.6. The summed E-state index contributed by atoms with van der Waals surface area (Å²) in [5.41, 5.74) is 3.75. The number of azo groups is 1. The van der Waals surface area contributed by atoms with Gasteiger partial charge in [0.25, 0.3) is 0 Å². The lowest BCUT2D eigenvalue weighted by molar-refractivity contribution is 0.436. The Morgan fingerprint density at radius 3 is 2.50 bits per heavy atom. The number of aromatic hydroxyl groups is 1. The number of fused-ring (bicyclic) bond motifs is 1. The van der Waals surface area contributed by atoms with E-state index in [2.05, 4.69) is 20.2 Å². The van der Waals surface area contributed by atoms with Crippen LogP contribution in [0.4, 0.5) is 11.4 Å². The number of hydrogen-bond donors (Lipinski definition) is 1. The van der Waals surface area contributed by atoms with E-state index in [4.69, 9.17) is 0 Å². The quantitative estimate of drug-likeness (QED) is 0.296. The fraction of sp³-hybridized carbons (Fsp3) is 0.0909. The van der Waals surface area contributed by atoms with Gasteiger partial charge in [-0.3, -0.25) is 4.98 Å². The van der Waals surface area contributed by atoms with Crippen molar-refractivity contribution in [1.82, 2.24) is 9.55 Å². The predicted molar refractivity (Wildman–Crippen MR) is 111 cm³/mol. The molecule has 0 saturated carbocycles. The maximum atomic E-state index is 10.6. The van der Waals surface area contributed by atoms with Crippen molar-refractivity contribution in [2.45, 2.75) is 6.92 Å². The van der Waals surface area contributed by atoms with Crippen molar-refractivity contribution in [3.8, 4) is 5.88 Å². The minimum absolute atomic E-state index is 0.0631. The van der Waals surface area contributed by atoms with Crippen molar-refractivity contribution >= 4 is 28.1 Å². The van der Waals surface area contributed by atoms with Gasteiger partial charge in [0.05, 0.1) is 11.2 Å². The first-order valence-electron chi connectivity index (χ1n) is 8.89. The zero-order chi connectivity index (χ0) is 19.5. The molecule has 138 valence electrons. The summed E-state index contributed by atoms with van der Waals surface area (Å²) in [6.07, 6.45) is 1.68. The van der Waals surface area contributed by atoms with Gasteiger partial charge in [0.15, 0.2) is 5.69 Å². The third-order valence-corrected chi connectivity index (χ3v) is 4.49. The molecule has 4 rings (SSSR count). The van der Waals surface area contributed by atoms with Gasteiger partial charge in [0.1, 0.15) is 5.69 Å². The Morgan fingerprint density at radius 2 is 1.75 bits per heavy atom. The number of aryl methyl sites for hydroxylation is 2. The standard InChI is InChI=1S/C22H19N5O/c1-15-9-8-12-17-19(22(28)27(2)20(15)17)25-26-21(18-13-6-7-14-23-18)24-16-10-4-3-5-11-16/h3-14,28H,1-2H3. The predicted octanol–water partition coefficient (Wildman–Crippen LogP) is 5.45. The summed E-state index contributed by atoms with van der Waals surface area (Å²) in [5.74, 6) is 0.434. The molecular formula is C22H19N5O. The van der Waals surface area contributed by atoms with Crippen LogP contribution >= 0.6 is 0 Å². The molecule has 0 spiro atoms. The Kier molecular flexibility index (Phi) is 4.68. The molecule has 6 heteroatoms. The van der Waals surface area contributed by atoms with Crippen LogP contribution < -0.4 is 0 Å². The maximum Gasteiger partial charge on any atom is 0.220 e. The molecule has 0 aliphatic rings. The van der Waals surface area contributed by atoms with Crippen molar-refractivity contribution in [1.29, 1.82) is 0 Å². The Bertz CT molecular complexity index is 1180. The molecule has 1 N–H and O–H groups in total. The highest BCUT2D eigenvalue weighted by atomic mass is 16.3. The van der Waals surface area contributed by atoms with Gasteiger partial charge in [-0.15, -0.1) is 10.2 Å². The van der Waals surface area contributed by atoms with Gasteiger partial charge in [-0.05, 0) is 36.8 Å². The van der Waals surface area contributed by atoms with E-state index in [1.54, 1.807) is 17.8 Å². The molecule has 0 aliphatic carbocycles. The second kappa shape index (κ2) is 7.44. The molecule has 0 saturated heterocycles. The number of hydrogen-bond acceptors (Lipinski definition) is 4. The van der Waals surface area contributed by atoms with Gasteiger partial charge in [-0.25, -0.2) is 4.99 Å². The normalized spacial score (nSPS) is 12.1. The van der Waals surface area contributed by atoms with Gasteiger partial charge in [0, 0.05) is 18.6 Å². The minimum Gasteiger partial charge on any atom is -0.493 e. The summed E-state index contributed by atoms with van der Waals surface area (Å²) < 4.78 is 1.72. The van der Waals surface area contributed by atoms with Crippen molar-refractivity contribution in [3.63, 3.8) is 0 Å².